The number of methoxy groups -OCH3 is 1. The Morgan fingerprint density at radius 3 is 2.88 bits per heavy atom. The van der Waals surface area contributed by atoms with Gasteiger partial charge in [-0.05, 0) is 12.3 Å². The minimum Gasteiger partial charge on any atom is -0.469 e. The molecule has 0 aromatic rings. The summed E-state index contributed by atoms with van der Waals surface area (Å²) in [6.07, 6.45) is 3.13. The lowest BCUT2D eigenvalue weighted by Crippen LogP contribution is -2.18. The summed E-state index contributed by atoms with van der Waals surface area (Å²) < 4.78 is 4.64. The molecule has 0 radical (unpaired) electrons. The molecule has 3 heteroatoms. The molecule has 0 unspecified atom stereocenters. The Labute approximate surface area is 96.5 Å². The van der Waals surface area contributed by atoms with Crippen LogP contribution in [0.15, 0.2) is 0 Å². The number of carbonyl (C=O) groups is 2. The highest BCUT2D eigenvalue weighted by atomic mass is 16.5. The van der Waals surface area contributed by atoms with Crippen molar-refractivity contribution in [2.45, 2.75) is 39.0 Å². The molecular formula is C13H18O3. The molecule has 88 valence electrons. The van der Waals surface area contributed by atoms with Crippen molar-refractivity contribution >= 4 is 11.8 Å². The van der Waals surface area contributed by atoms with Gasteiger partial charge in [0.15, 0.2) is 0 Å². The van der Waals surface area contributed by atoms with Gasteiger partial charge in [0, 0.05) is 31.6 Å². The highest BCUT2D eigenvalue weighted by Crippen LogP contribution is 2.33. The van der Waals surface area contributed by atoms with Crippen molar-refractivity contribution in [1.29, 1.82) is 0 Å². The predicted octanol–water partition coefficient (Wildman–Crippen LogP) is 1.95. The molecule has 16 heavy (non-hydrogen) atoms. The summed E-state index contributed by atoms with van der Waals surface area (Å²) in [6, 6.07) is 0. The van der Waals surface area contributed by atoms with Crippen LogP contribution in [0.5, 0.6) is 0 Å². The Kier molecular flexibility index (Phi) is 5.04. The lowest BCUT2D eigenvalue weighted by atomic mass is 9.90. The fraction of sp³-hybridized carbons (Fsp3) is 0.692. The van der Waals surface area contributed by atoms with E-state index in [4.69, 9.17) is 0 Å². The lowest BCUT2D eigenvalue weighted by molar-refractivity contribution is -0.142. The summed E-state index contributed by atoms with van der Waals surface area (Å²) in [5.41, 5.74) is 0. The summed E-state index contributed by atoms with van der Waals surface area (Å²) in [6.45, 7) is 1.98. The van der Waals surface area contributed by atoms with Crippen molar-refractivity contribution in [2.75, 3.05) is 7.11 Å². The van der Waals surface area contributed by atoms with E-state index in [1.54, 1.807) is 0 Å². The number of hydrogen-bond donors (Lipinski definition) is 0. The van der Waals surface area contributed by atoms with Crippen LogP contribution in [-0.2, 0) is 14.3 Å². The first-order valence-corrected chi connectivity index (χ1v) is 5.74. The van der Waals surface area contributed by atoms with Gasteiger partial charge >= 0.3 is 5.97 Å². The molecule has 1 saturated carbocycles. The van der Waals surface area contributed by atoms with Crippen LogP contribution in [0.3, 0.4) is 0 Å². The van der Waals surface area contributed by atoms with Crippen LogP contribution in [-0.4, -0.2) is 18.9 Å². The maximum Gasteiger partial charge on any atom is 0.305 e. The smallest absolute Gasteiger partial charge is 0.305 e. The van der Waals surface area contributed by atoms with Gasteiger partial charge < -0.3 is 4.74 Å². The quantitative estimate of drug-likeness (QED) is 0.541. The Bertz CT molecular complexity index is 322. The van der Waals surface area contributed by atoms with Gasteiger partial charge in [0.1, 0.15) is 5.78 Å². The maximum absolute atomic E-state index is 11.6. The van der Waals surface area contributed by atoms with Gasteiger partial charge in [0.2, 0.25) is 0 Å². The standard InChI is InChI=1S/C13H18O3/c1-3-4-5-6-11-10(7-8-12(11)14)9-13(15)16-2/h10-11H,3,6-9H2,1-2H3/t10-,11+/m1/s1. The second kappa shape index (κ2) is 6.32. The van der Waals surface area contributed by atoms with Crippen LogP contribution in [0.4, 0.5) is 0 Å². The minimum atomic E-state index is -0.229. The van der Waals surface area contributed by atoms with Crippen molar-refractivity contribution in [2.24, 2.45) is 11.8 Å². The molecule has 2 atom stereocenters. The van der Waals surface area contributed by atoms with Gasteiger partial charge in [-0.3, -0.25) is 9.59 Å². The molecular weight excluding hydrogens is 204 g/mol. The molecule has 0 spiro atoms. The third-order valence-electron chi connectivity index (χ3n) is 3.02. The van der Waals surface area contributed by atoms with Crippen molar-refractivity contribution in [1.82, 2.24) is 0 Å². The Morgan fingerprint density at radius 2 is 2.25 bits per heavy atom. The molecule has 0 heterocycles. The summed E-state index contributed by atoms with van der Waals surface area (Å²) in [5.74, 6) is 6.07. The number of rotatable bonds is 3. The molecule has 1 rings (SSSR count). The van der Waals surface area contributed by atoms with Crippen LogP contribution in [0.25, 0.3) is 0 Å². The molecule has 1 fully saturated rings. The van der Waals surface area contributed by atoms with Gasteiger partial charge in [0.25, 0.3) is 0 Å². The second-order valence-electron chi connectivity index (χ2n) is 4.06. The van der Waals surface area contributed by atoms with Crippen molar-refractivity contribution in [3.63, 3.8) is 0 Å². The first-order valence-electron chi connectivity index (χ1n) is 5.74. The van der Waals surface area contributed by atoms with Crippen LogP contribution in [0.1, 0.15) is 39.0 Å². The molecule has 3 nitrogen and oxygen atoms in total. The summed E-state index contributed by atoms with van der Waals surface area (Å²) in [4.78, 5) is 22.8. The highest BCUT2D eigenvalue weighted by molar-refractivity contribution is 5.84. The zero-order valence-corrected chi connectivity index (χ0v) is 9.91. The average Bonchev–Trinajstić information content (AvgIpc) is 2.61. The van der Waals surface area contributed by atoms with E-state index in [1.165, 1.54) is 7.11 Å². The third kappa shape index (κ3) is 3.37. The molecule has 0 saturated heterocycles. The van der Waals surface area contributed by atoms with Crippen LogP contribution >= 0.6 is 0 Å². The van der Waals surface area contributed by atoms with E-state index in [0.717, 1.165) is 12.8 Å². The Balaban J connectivity index is 2.55. The zero-order valence-electron chi connectivity index (χ0n) is 9.91. The Morgan fingerprint density at radius 1 is 1.50 bits per heavy atom. The van der Waals surface area contributed by atoms with E-state index >= 15 is 0 Å². The molecule has 0 bridgehead atoms. The molecule has 0 aliphatic heterocycles. The van der Waals surface area contributed by atoms with Crippen LogP contribution < -0.4 is 0 Å². The fourth-order valence-corrected chi connectivity index (χ4v) is 2.11. The van der Waals surface area contributed by atoms with E-state index in [9.17, 15) is 9.59 Å². The van der Waals surface area contributed by atoms with Crippen molar-refractivity contribution in [3.05, 3.63) is 0 Å². The monoisotopic (exact) mass is 222 g/mol. The van der Waals surface area contributed by atoms with Crippen LogP contribution in [0, 0.1) is 23.7 Å². The van der Waals surface area contributed by atoms with Gasteiger partial charge in [0.05, 0.1) is 7.11 Å². The Hall–Kier alpha value is -1.30. The summed E-state index contributed by atoms with van der Waals surface area (Å²) in [5, 5.41) is 0. The number of carbonyl (C=O) groups excluding carboxylic acids is 2. The minimum absolute atomic E-state index is 0.0573. The topological polar surface area (TPSA) is 43.4 Å². The van der Waals surface area contributed by atoms with E-state index in [-0.39, 0.29) is 23.6 Å². The van der Waals surface area contributed by atoms with Gasteiger partial charge in [-0.1, -0.05) is 6.92 Å². The largest absolute Gasteiger partial charge is 0.469 e. The van der Waals surface area contributed by atoms with Gasteiger partial charge in [-0.2, -0.15) is 0 Å². The summed E-state index contributed by atoms with van der Waals surface area (Å²) in [7, 11) is 1.38. The number of hydrogen-bond acceptors (Lipinski definition) is 3. The number of Topliss-reactive ketones (excluding diaryl/α,β-unsaturated/α-hetero) is 1. The molecule has 0 N–H and O–H groups in total. The molecule has 1 aliphatic carbocycles. The molecule has 0 aromatic heterocycles. The predicted molar refractivity (Wildman–Crippen MR) is 60.5 cm³/mol. The van der Waals surface area contributed by atoms with Gasteiger partial charge in [-0.25, -0.2) is 0 Å². The lowest BCUT2D eigenvalue weighted by Gasteiger charge is -2.14. The van der Waals surface area contributed by atoms with Crippen molar-refractivity contribution in [3.8, 4) is 11.8 Å². The average molecular weight is 222 g/mol. The van der Waals surface area contributed by atoms with E-state index in [1.807, 2.05) is 6.92 Å². The maximum atomic E-state index is 11.6. The van der Waals surface area contributed by atoms with E-state index in [0.29, 0.717) is 19.3 Å². The van der Waals surface area contributed by atoms with Gasteiger partial charge in [-0.15, -0.1) is 11.8 Å². The molecule has 1 aliphatic rings. The second-order valence-corrected chi connectivity index (χ2v) is 4.06. The van der Waals surface area contributed by atoms with E-state index in [2.05, 4.69) is 16.6 Å². The van der Waals surface area contributed by atoms with E-state index < -0.39 is 0 Å². The van der Waals surface area contributed by atoms with Crippen LogP contribution in [0.2, 0.25) is 0 Å². The molecule has 0 amide bonds. The first kappa shape index (κ1) is 12.8. The fourth-order valence-electron chi connectivity index (χ4n) is 2.11. The number of ether oxygens (including phenoxy) is 1. The summed E-state index contributed by atoms with van der Waals surface area (Å²) >= 11 is 0. The zero-order chi connectivity index (χ0) is 12.0. The first-order chi connectivity index (χ1) is 7.69. The van der Waals surface area contributed by atoms with Crippen molar-refractivity contribution < 1.29 is 14.3 Å². The third-order valence-corrected chi connectivity index (χ3v) is 3.02. The highest BCUT2D eigenvalue weighted by Gasteiger charge is 2.35. The normalized spacial score (nSPS) is 23.8. The number of esters is 1. The molecule has 0 aromatic carbocycles. The SMILES string of the molecule is CCC#CC[C@@H]1C(=O)CC[C@@H]1CC(=O)OC. The number of ketones is 1.